The molecule has 1 aromatic carbocycles. The van der Waals surface area contributed by atoms with E-state index in [2.05, 4.69) is 35.5 Å². The number of hydrogen-bond acceptors (Lipinski definition) is 6. The van der Waals surface area contributed by atoms with Gasteiger partial charge in [0.25, 0.3) is 0 Å². The van der Waals surface area contributed by atoms with E-state index in [1.54, 1.807) is 24.8 Å². The monoisotopic (exact) mass is 520 g/mol. The third-order valence-electron chi connectivity index (χ3n) is 6.30. The lowest BCUT2D eigenvalue weighted by Crippen LogP contribution is -2.13. The minimum Gasteiger partial charge on any atom is -0.336 e. The molecule has 39 heavy (non-hydrogen) atoms. The number of aryl methyl sites for hydroxylation is 1. The van der Waals surface area contributed by atoms with Crippen molar-refractivity contribution in [2.45, 2.75) is 27.2 Å². The Morgan fingerprint density at radius 1 is 1.00 bits per heavy atom. The molecular weight excluding hydrogens is 495 g/mol. The molecule has 5 aromatic heterocycles. The second-order valence-corrected chi connectivity index (χ2v) is 9.95. The number of amides is 1. The Bertz CT molecular complexity index is 1840. The number of pyridine rings is 3. The van der Waals surface area contributed by atoms with Gasteiger partial charge in [-0.3, -0.25) is 24.8 Å². The minimum atomic E-state index is -0.323. The summed E-state index contributed by atoms with van der Waals surface area (Å²) in [6.07, 6.45) is 7.12. The number of carbonyl (C=O) groups is 1. The van der Waals surface area contributed by atoms with Crippen LogP contribution in [0.1, 0.15) is 25.8 Å². The summed E-state index contributed by atoms with van der Waals surface area (Å²) >= 11 is 0. The van der Waals surface area contributed by atoms with Gasteiger partial charge in [0.2, 0.25) is 5.91 Å². The van der Waals surface area contributed by atoms with Crippen molar-refractivity contribution in [3.8, 4) is 34.0 Å². The zero-order chi connectivity index (χ0) is 27.1. The number of aromatic amines is 2. The highest BCUT2D eigenvalue weighted by atomic mass is 19.1. The lowest BCUT2D eigenvalue weighted by Gasteiger charge is -2.08. The third kappa shape index (κ3) is 4.84. The summed E-state index contributed by atoms with van der Waals surface area (Å²) in [5.74, 6) is 0.420. The molecule has 6 rings (SSSR count). The Morgan fingerprint density at radius 3 is 2.69 bits per heavy atom. The quantitative estimate of drug-likeness (QED) is 0.245. The van der Waals surface area contributed by atoms with Crippen LogP contribution in [0.5, 0.6) is 0 Å². The van der Waals surface area contributed by atoms with Gasteiger partial charge in [-0.05, 0) is 54.8 Å². The summed E-state index contributed by atoms with van der Waals surface area (Å²) in [7, 11) is 0. The van der Waals surface area contributed by atoms with Crippen LogP contribution < -0.4 is 5.32 Å². The van der Waals surface area contributed by atoms with Crippen molar-refractivity contribution in [2.24, 2.45) is 5.92 Å². The molecule has 6 aromatic rings. The Kier molecular flexibility index (Phi) is 6.07. The number of carbonyl (C=O) groups excluding carboxylic acids is 1. The molecule has 0 atom stereocenters. The zero-order valence-corrected chi connectivity index (χ0v) is 21.6. The fourth-order valence-corrected chi connectivity index (χ4v) is 4.62. The fraction of sp³-hybridized carbons (Fsp3) is 0.172. The minimum absolute atomic E-state index is 0.0587. The number of fused-ring (bicyclic) bond motifs is 2. The van der Waals surface area contributed by atoms with E-state index in [4.69, 9.17) is 4.98 Å². The van der Waals surface area contributed by atoms with Gasteiger partial charge >= 0.3 is 0 Å². The molecule has 194 valence electrons. The molecule has 0 spiro atoms. The van der Waals surface area contributed by atoms with Gasteiger partial charge in [0.15, 0.2) is 5.82 Å². The lowest BCUT2D eigenvalue weighted by atomic mass is 10.1. The van der Waals surface area contributed by atoms with E-state index < -0.39 is 0 Å². The highest BCUT2D eigenvalue weighted by Crippen LogP contribution is 2.32. The molecule has 10 heteroatoms. The van der Waals surface area contributed by atoms with Gasteiger partial charge < -0.3 is 10.3 Å². The second-order valence-electron chi connectivity index (χ2n) is 9.95. The van der Waals surface area contributed by atoms with Gasteiger partial charge in [-0.1, -0.05) is 13.8 Å². The van der Waals surface area contributed by atoms with Crippen LogP contribution in [0.4, 0.5) is 10.1 Å². The van der Waals surface area contributed by atoms with Crippen molar-refractivity contribution in [1.82, 2.24) is 35.1 Å². The summed E-state index contributed by atoms with van der Waals surface area (Å²) in [4.78, 5) is 33.7. The summed E-state index contributed by atoms with van der Waals surface area (Å²) in [6, 6.07) is 10.4. The second kappa shape index (κ2) is 9.71. The Labute approximate surface area is 223 Å². The number of aromatic nitrogens is 7. The smallest absolute Gasteiger partial charge is 0.224 e. The van der Waals surface area contributed by atoms with E-state index >= 15 is 0 Å². The molecule has 0 saturated carbocycles. The van der Waals surface area contributed by atoms with Crippen LogP contribution >= 0.6 is 0 Å². The number of benzene rings is 1. The largest absolute Gasteiger partial charge is 0.336 e. The van der Waals surface area contributed by atoms with Crippen molar-refractivity contribution in [2.75, 3.05) is 5.32 Å². The highest BCUT2D eigenvalue weighted by Gasteiger charge is 2.17. The summed E-state index contributed by atoms with van der Waals surface area (Å²) < 4.78 is 14.1. The summed E-state index contributed by atoms with van der Waals surface area (Å²) in [5, 5.41) is 11.2. The molecule has 0 radical (unpaired) electrons. The topological polar surface area (TPSA) is 125 Å². The molecule has 3 N–H and O–H groups in total. The summed E-state index contributed by atoms with van der Waals surface area (Å²) in [5.41, 5.74) is 6.81. The van der Waals surface area contributed by atoms with E-state index in [0.29, 0.717) is 46.1 Å². The van der Waals surface area contributed by atoms with Crippen molar-refractivity contribution in [1.29, 1.82) is 0 Å². The number of H-pyrrole nitrogens is 2. The number of halogens is 1. The standard InChI is InChI=1S/C29H25FN8O/c1-15(2)6-25(39)34-20-10-18(12-31-13-20)23-11-21-24(14-33-23)37-38-27(21)29-35-22-4-5-32-26(28(22)36-29)17-7-16(3)8-19(30)9-17/h4-5,7-15H,6H2,1-3H3,(H,34,39)(H,35,36)(H,37,38). The normalized spacial score (nSPS) is 11.5. The molecule has 0 aliphatic carbocycles. The van der Waals surface area contributed by atoms with E-state index in [9.17, 15) is 9.18 Å². The average Bonchev–Trinajstić information content (AvgIpc) is 3.51. The van der Waals surface area contributed by atoms with Crippen LogP contribution in [-0.4, -0.2) is 41.0 Å². The summed E-state index contributed by atoms with van der Waals surface area (Å²) in [6.45, 7) is 5.84. The number of rotatable bonds is 6. The van der Waals surface area contributed by atoms with Gasteiger partial charge in [-0.25, -0.2) is 9.37 Å². The van der Waals surface area contributed by atoms with Crippen LogP contribution in [0.25, 0.3) is 56.0 Å². The van der Waals surface area contributed by atoms with Crippen LogP contribution in [0.15, 0.2) is 61.2 Å². The molecular formula is C29H25FN8O. The van der Waals surface area contributed by atoms with Gasteiger partial charge in [0, 0.05) is 35.3 Å². The molecule has 1 amide bonds. The molecule has 9 nitrogen and oxygen atoms in total. The SMILES string of the molecule is Cc1cc(F)cc(-c2nccc3[nH]c(-c4n[nH]c5cnc(-c6cncc(NC(=O)CC(C)C)c6)cc45)nc23)c1. The van der Waals surface area contributed by atoms with Crippen LogP contribution in [0, 0.1) is 18.7 Å². The first-order valence-electron chi connectivity index (χ1n) is 12.6. The average molecular weight is 521 g/mol. The molecule has 5 heterocycles. The molecule has 0 unspecified atom stereocenters. The molecule has 0 aliphatic rings. The predicted octanol–water partition coefficient (Wildman–Crippen LogP) is 6.06. The third-order valence-corrected chi connectivity index (χ3v) is 6.30. The highest BCUT2D eigenvalue weighted by molar-refractivity contribution is 5.97. The molecule has 0 saturated heterocycles. The van der Waals surface area contributed by atoms with Gasteiger partial charge in [0.05, 0.1) is 40.5 Å². The van der Waals surface area contributed by atoms with Crippen molar-refractivity contribution in [3.05, 3.63) is 72.6 Å². The van der Waals surface area contributed by atoms with E-state index in [0.717, 1.165) is 27.5 Å². The number of nitrogens with zero attached hydrogens (tertiary/aromatic N) is 5. The molecule has 0 bridgehead atoms. The first-order chi connectivity index (χ1) is 18.8. The fourth-order valence-electron chi connectivity index (χ4n) is 4.62. The van der Waals surface area contributed by atoms with Crippen molar-refractivity contribution < 1.29 is 9.18 Å². The molecule has 0 fully saturated rings. The predicted molar refractivity (Wildman–Crippen MR) is 148 cm³/mol. The van der Waals surface area contributed by atoms with E-state index in [-0.39, 0.29) is 17.6 Å². The maximum Gasteiger partial charge on any atom is 0.224 e. The number of anilines is 1. The van der Waals surface area contributed by atoms with E-state index in [1.807, 2.05) is 45.0 Å². The van der Waals surface area contributed by atoms with E-state index in [1.165, 1.54) is 12.1 Å². The van der Waals surface area contributed by atoms with Gasteiger partial charge in [-0.15, -0.1) is 0 Å². The maximum atomic E-state index is 14.1. The Hall–Kier alpha value is -4.99. The molecule has 0 aliphatic heterocycles. The number of hydrogen-bond donors (Lipinski definition) is 3. The zero-order valence-electron chi connectivity index (χ0n) is 21.6. The van der Waals surface area contributed by atoms with Crippen LogP contribution in [0.3, 0.4) is 0 Å². The van der Waals surface area contributed by atoms with Crippen LogP contribution in [0.2, 0.25) is 0 Å². The maximum absolute atomic E-state index is 14.1. The van der Waals surface area contributed by atoms with Crippen molar-refractivity contribution >= 4 is 33.5 Å². The first kappa shape index (κ1) is 24.4. The number of nitrogens with one attached hydrogen (secondary N) is 3. The van der Waals surface area contributed by atoms with Gasteiger partial charge in [-0.2, -0.15) is 5.10 Å². The Balaban J connectivity index is 1.39. The van der Waals surface area contributed by atoms with Crippen molar-refractivity contribution in [3.63, 3.8) is 0 Å². The lowest BCUT2D eigenvalue weighted by molar-refractivity contribution is -0.116. The van der Waals surface area contributed by atoms with Gasteiger partial charge in [0.1, 0.15) is 17.0 Å². The van der Waals surface area contributed by atoms with Crippen LogP contribution in [-0.2, 0) is 4.79 Å². The number of imidazole rings is 1. The first-order valence-corrected chi connectivity index (χ1v) is 12.6. The Morgan fingerprint density at radius 2 is 1.87 bits per heavy atom.